The molecule has 4 N–H and O–H groups in total. The maximum absolute atomic E-state index is 13.9. The first-order valence-corrected chi connectivity index (χ1v) is 13.8. The third-order valence-electron chi connectivity index (χ3n) is 7.55. The predicted octanol–water partition coefficient (Wildman–Crippen LogP) is 2.47. The average molecular weight is 555 g/mol. The SMILES string of the molecule is CC(C)C(C(=O)N1CC(O)CC1C(=O)NC(Cc1ccc(-c2ccccc2)cc1)C(N)=O)n1nnc2ccccc21. The highest BCUT2D eigenvalue weighted by Gasteiger charge is 2.43. The van der Waals surface area contributed by atoms with E-state index in [0.717, 1.165) is 16.7 Å². The van der Waals surface area contributed by atoms with Gasteiger partial charge in [-0.3, -0.25) is 14.4 Å². The molecule has 0 aliphatic carbocycles. The molecule has 1 aromatic heterocycles. The second kappa shape index (κ2) is 11.9. The number of rotatable bonds is 9. The number of aromatic nitrogens is 3. The number of primary amides is 1. The van der Waals surface area contributed by atoms with Crippen molar-refractivity contribution in [1.29, 1.82) is 0 Å². The van der Waals surface area contributed by atoms with E-state index in [2.05, 4.69) is 15.6 Å². The number of carbonyl (C=O) groups excluding carboxylic acids is 3. The number of benzene rings is 3. The molecule has 0 saturated carbocycles. The molecule has 1 aliphatic rings. The molecule has 4 aromatic rings. The normalized spacial score (nSPS) is 18.4. The van der Waals surface area contributed by atoms with Gasteiger partial charge in [0, 0.05) is 19.4 Å². The number of nitrogens with zero attached hydrogens (tertiary/aromatic N) is 4. The van der Waals surface area contributed by atoms with Gasteiger partial charge in [0.05, 0.1) is 11.6 Å². The van der Waals surface area contributed by atoms with E-state index in [9.17, 15) is 19.5 Å². The lowest BCUT2D eigenvalue weighted by atomic mass is 10.00. The molecule has 5 rings (SSSR count). The Morgan fingerprint density at radius 2 is 1.63 bits per heavy atom. The summed E-state index contributed by atoms with van der Waals surface area (Å²) in [6.07, 6.45) is -0.635. The molecule has 0 radical (unpaired) electrons. The van der Waals surface area contributed by atoms with Crippen molar-refractivity contribution >= 4 is 28.8 Å². The number of fused-ring (bicyclic) bond motifs is 1. The first kappa shape index (κ1) is 28.0. The molecule has 2 heterocycles. The van der Waals surface area contributed by atoms with E-state index >= 15 is 0 Å². The van der Waals surface area contributed by atoms with Crippen molar-refractivity contribution in [1.82, 2.24) is 25.2 Å². The Morgan fingerprint density at radius 1 is 0.976 bits per heavy atom. The molecule has 0 spiro atoms. The molecule has 1 aliphatic heterocycles. The Bertz CT molecular complexity index is 1540. The minimum absolute atomic E-state index is 0.00500. The van der Waals surface area contributed by atoms with Gasteiger partial charge in [0.25, 0.3) is 0 Å². The number of nitrogens with two attached hydrogens (primary N) is 1. The van der Waals surface area contributed by atoms with Crippen LogP contribution >= 0.6 is 0 Å². The van der Waals surface area contributed by atoms with Crippen molar-refractivity contribution in [3.05, 3.63) is 84.4 Å². The Labute approximate surface area is 238 Å². The van der Waals surface area contributed by atoms with Crippen LogP contribution in [0.3, 0.4) is 0 Å². The van der Waals surface area contributed by atoms with Crippen LogP contribution < -0.4 is 11.1 Å². The van der Waals surface area contributed by atoms with Crippen molar-refractivity contribution < 1.29 is 19.5 Å². The summed E-state index contributed by atoms with van der Waals surface area (Å²) in [7, 11) is 0. The second-order valence-corrected chi connectivity index (χ2v) is 10.8. The number of carbonyl (C=O) groups is 3. The lowest BCUT2D eigenvalue weighted by molar-refractivity contribution is -0.143. The maximum Gasteiger partial charge on any atom is 0.248 e. The molecule has 1 fully saturated rings. The monoisotopic (exact) mass is 554 g/mol. The van der Waals surface area contributed by atoms with Crippen molar-refractivity contribution in [3.63, 3.8) is 0 Å². The van der Waals surface area contributed by atoms with Gasteiger partial charge in [-0.15, -0.1) is 5.10 Å². The van der Waals surface area contributed by atoms with E-state index in [1.807, 2.05) is 92.7 Å². The van der Waals surface area contributed by atoms with Gasteiger partial charge in [-0.25, -0.2) is 4.68 Å². The van der Waals surface area contributed by atoms with Gasteiger partial charge in [0.2, 0.25) is 17.7 Å². The minimum Gasteiger partial charge on any atom is -0.391 e. The van der Waals surface area contributed by atoms with Gasteiger partial charge in [0.15, 0.2) is 0 Å². The Kier molecular flexibility index (Phi) is 8.11. The van der Waals surface area contributed by atoms with Crippen LogP contribution in [0.4, 0.5) is 0 Å². The van der Waals surface area contributed by atoms with Crippen molar-refractivity contribution in [2.24, 2.45) is 11.7 Å². The first-order chi connectivity index (χ1) is 19.7. The highest BCUT2D eigenvalue weighted by molar-refractivity contribution is 5.93. The van der Waals surface area contributed by atoms with Crippen LogP contribution in [0.5, 0.6) is 0 Å². The standard InChI is InChI=1S/C31H34N6O4/c1-19(2)28(37-26-11-7-6-10-24(26)34-35-37)31(41)36-18-23(38)17-27(36)30(40)33-25(29(32)39)16-20-12-14-22(15-13-20)21-8-4-3-5-9-21/h3-15,19,23,25,27-28,38H,16-18H2,1-2H3,(H2,32,39)(H,33,40). The largest absolute Gasteiger partial charge is 0.391 e. The van der Waals surface area contributed by atoms with Crippen LogP contribution in [0.2, 0.25) is 0 Å². The number of hydrogen-bond donors (Lipinski definition) is 3. The summed E-state index contributed by atoms with van der Waals surface area (Å²) in [5, 5.41) is 21.6. The Balaban J connectivity index is 1.32. The summed E-state index contributed by atoms with van der Waals surface area (Å²) in [5.74, 6) is -1.74. The Hall–Kier alpha value is -4.57. The molecule has 1 saturated heterocycles. The number of likely N-dealkylation sites (tertiary alicyclic amines) is 1. The number of aliphatic hydroxyl groups is 1. The molecule has 10 heteroatoms. The zero-order valence-corrected chi connectivity index (χ0v) is 23.1. The van der Waals surface area contributed by atoms with Gasteiger partial charge in [-0.2, -0.15) is 0 Å². The molecule has 3 amide bonds. The number of aliphatic hydroxyl groups excluding tert-OH is 1. The number of β-amino-alcohol motifs (C(OH)–C–C–N with tert-alkyl or cyclic N) is 1. The van der Waals surface area contributed by atoms with E-state index in [-0.39, 0.29) is 31.2 Å². The quantitative estimate of drug-likeness (QED) is 0.290. The highest BCUT2D eigenvalue weighted by Crippen LogP contribution is 2.29. The number of amides is 3. The number of para-hydroxylation sites is 1. The predicted molar refractivity (Wildman–Crippen MR) is 154 cm³/mol. The fourth-order valence-corrected chi connectivity index (χ4v) is 5.43. The lowest BCUT2D eigenvalue weighted by Crippen LogP contribution is -2.54. The highest BCUT2D eigenvalue weighted by atomic mass is 16.3. The molecule has 3 aromatic carbocycles. The zero-order valence-electron chi connectivity index (χ0n) is 23.1. The second-order valence-electron chi connectivity index (χ2n) is 10.8. The van der Waals surface area contributed by atoms with Gasteiger partial charge >= 0.3 is 0 Å². The summed E-state index contributed by atoms with van der Waals surface area (Å²) >= 11 is 0. The van der Waals surface area contributed by atoms with Crippen LogP contribution in [-0.2, 0) is 20.8 Å². The topological polar surface area (TPSA) is 143 Å². The summed E-state index contributed by atoms with van der Waals surface area (Å²) in [5.41, 5.74) is 9.96. The van der Waals surface area contributed by atoms with Gasteiger partial charge in [-0.1, -0.05) is 85.8 Å². The third-order valence-corrected chi connectivity index (χ3v) is 7.55. The molecule has 212 valence electrons. The summed E-state index contributed by atoms with van der Waals surface area (Å²) in [6, 6.07) is 22.3. The van der Waals surface area contributed by atoms with Crippen LogP contribution in [0.1, 0.15) is 31.9 Å². The third kappa shape index (κ3) is 5.97. The van der Waals surface area contributed by atoms with Crippen LogP contribution in [0.25, 0.3) is 22.2 Å². The van der Waals surface area contributed by atoms with Crippen LogP contribution in [0.15, 0.2) is 78.9 Å². The Morgan fingerprint density at radius 3 is 2.32 bits per heavy atom. The number of nitrogens with one attached hydrogen (secondary N) is 1. The van der Waals surface area contributed by atoms with Crippen molar-refractivity contribution in [2.45, 2.75) is 50.9 Å². The first-order valence-electron chi connectivity index (χ1n) is 13.8. The summed E-state index contributed by atoms with van der Waals surface area (Å²) in [6.45, 7) is 3.79. The van der Waals surface area contributed by atoms with Gasteiger partial charge < -0.3 is 21.1 Å². The number of hydrogen-bond acceptors (Lipinski definition) is 6. The van der Waals surface area contributed by atoms with E-state index in [1.165, 1.54) is 4.90 Å². The average Bonchev–Trinajstić information content (AvgIpc) is 3.57. The molecule has 4 unspecified atom stereocenters. The fraction of sp³-hybridized carbons (Fsp3) is 0.323. The van der Waals surface area contributed by atoms with Gasteiger partial charge in [0.1, 0.15) is 23.6 Å². The fourth-order valence-electron chi connectivity index (χ4n) is 5.43. The molecular weight excluding hydrogens is 520 g/mol. The van der Waals surface area contributed by atoms with Crippen LogP contribution in [-0.4, -0.2) is 67.5 Å². The minimum atomic E-state index is -0.986. The summed E-state index contributed by atoms with van der Waals surface area (Å²) < 4.78 is 1.58. The molecule has 10 nitrogen and oxygen atoms in total. The lowest BCUT2D eigenvalue weighted by Gasteiger charge is -2.30. The van der Waals surface area contributed by atoms with E-state index in [1.54, 1.807) is 4.68 Å². The molecule has 0 bridgehead atoms. The van der Waals surface area contributed by atoms with Gasteiger partial charge in [-0.05, 0) is 34.7 Å². The van der Waals surface area contributed by atoms with E-state index < -0.39 is 36.0 Å². The van der Waals surface area contributed by atoms with E-state index in [0.29, 0.717) is 11.0 Å². The molecular formula is C31H34N6O4. The van der Waals surface area contributed by atoms with Crippen molar-refractivity contribution in [3.8, 4) is 11.1 Å². The summed E-state index contributed by atoms with van der Waals surface area (Å²) in [4.78, 5) is 41.1. The molecule has 4 atom stereocenters. The smallest absolute Gasteiger partial charge is 0.248 e. The maximum atomic E-state index is 13.9. The van der Waals surface area contributed by atoms with E-state index in [4.69, 9.17) is 5.73 Å². The molecule has 41 heavy (non-hydrogen) atoms. The zero-order chi connectivity index (χ0) is 29.1. The van der Waals surface area contributed by atoms with Crippen LogP contribution in [0, 0.1) is 5.92 Å². The van der Waals surface area contributed by atoms with Crippen molar-refractivity contribution in [2.75, 3.05) is 6.54 Å².